The van der Waals surface area contributed by atoms with Crippen molar-refractivity contribution < 1.29 is 19.2 Å². The van der Waals surface area contributed by atoms with Crippen LogP contribution in [0.4, 0.5) is 5.82 Å². The number of carbonyl (C=O) groups is 4. The second kappa shape index (κ2) is 12.0. The second-order valence-corrected chi connectivity index (χ2v) is 9.92. The van der Waals surface area contributed by atoms with Crippen molar-refractivity contribution in [3.8, 4) is 0 Å². The SMILES string of the molecule is CN1CCc2nc(C(=O)N[C@H](CCC(=O)N(C)C)CNC(=O)C(=O)Nc3ccc(Cl)cn3)sc2C1. The number of likely N-dealkylation sites (N-methyl/N-ethyl adjacent to an activating group) is 1. The maximum atomic E-state index is 12.9. The number of halogens is 1. The molecule has 0 spiro atoms. The molecule has 3 N–H and O–H groups in total. The lowest BCUT2D eigenvalue weighted by molar-refractivity contribution is -0.136. The van der Waals surface area contributed by atoms with Gasteiger partial charge in [0.25, 0.3) is 5.91 Å². The molecule has 0 bridgehead atoms. The third-order valence-corrected chi connectivity index (χ3v) is 6.65. The van der Waals surface area contributed by atoms with Crippen LogP contribution in [0.3, 0.4) is 0 Å². The predicted molar refractivity (Wildman–Crippen MR) is 132 cm³/mol. The number of hydrogen-bond acceptors (Lipinski definition) is 8. The lowest BCUT2D eigenvalue weighted by Gasteiger charge is -2.20. The highest BCUT2D eigenvalue weighted by Gasteiger charge is 2.24. The highest BCUT2D eigenvalue weighted by atomic mass is 35.5. The molecule has 1 aliphatic rings. The van der Waals surface area contributed by atoms with Crippen LogP contribution in [-0.2, 0) is 27.3 Å². The summed E-state index contributed by atoms with van der Waals surface area (Å²) in [7, 11) is 5.30. The topological polar surface area (TPSA) is 137 Å². The fourth-order valence-electron chi connectivity index (χ4n) is 3.33. The molecule has 0 radical (unpaired) electrons. The van der Waals surface area contributed by atoms with Gasteiger partial charge in [0.15, 0.2) is 5.01 Å². The van der Waals surface area contributed by atoms with Crippen molar-refractivity contribution in [3.05, 3.63) is 38.9 Å². The molecule has 35 heavy (non-hydrogen) atoms. The predicted octanol–water partition coefficient (Wildman–Crippen LogP) is 0.901. The van der Waals surface area contributed by atoms with Gasteiger partial charge in [-0.2, -0.15) is 0 Å². The van der Waals surface area contributed by atoms with Crippen LogP contribution in [0.2, 0.25) is 5.02 Å². The fourth-order valence-corrected chi connectivity index (χ4v) is 4.54. The monoisotopic (exact) mass is 521 g/mol. The van der Waals surface area contributed by atoms with E-state index in [1.807, 2.05) is 7.05 Å². The van der Waals surface area contributed by atoms with Crippen molar-refractivity contribution in [2.45, 2.75) is 31.8 Å². The lowest BCUT2D eigenvalue weighted by atomic mass is 10.1. The summed E-state index contributed by atoms with van der Waals surface area (Å²) in [5.41, 5.74) is 0.929. The van der Waals surface area contributed by atoms with Gasteiger partial charge < -0.3 is 25.8 Å². The van der Waals surface area contributed by atoms with Crippen LogP contribution < -0.4 is 16.0 Å². The van der Waals surface area contributed by atoms with Crippen molar-refractivity contribution in [3.63, 3.8) is 0 Å². The minimum Gasteiger partial charge on any atom is -0.349 e. The zero-order chi connectivity index (χ0) is 25.5. The molecule has 0 unspecified atom stereocenters. The Kier molecular flexibility index (Phi) is 9.13. The van der Waals surface area contributed by atoms with E-state index in [1.165, 1.54) is 34.6 Å². The summed E-state index contributed by atoms with van der Waals surface area (Å²) in [6.07, 6.45) is 2.56. The van der Waals surface area contributed by atoms with E-state index >= 15 is 0 Å². The number of nitrogens with one attached hydrogen (secondary N) is 3. The van der Waals surface area contributed by atoms with Crippen LogP contribution in [0, 0.1) is 0 Å². The highest BCUT2D eigenvalue weighted by Crippen LogP contribution is 2.24. The molecule has 13 heteroatoms. The van der Waals surface area contributed by atoms with Gasteiger partial charge >= 0.3 is 11.8 Å². The van der Waals surface area contributed by atoms with E-state index in [2.05, 4.69) is 30.8 Å². The van der Waals surface area contributed by atoms with Gasteiger partial charge in [0.1, 0.15) is 5.82 Å². The Labute approximate surface area is 212 Å². The van der Waals surface area contributed by atoms with E-state index in [-0.39, 0.29) is 37.0 Å². The van der Waals surface area contributed by atoms with Crippen LogP contribution in [0.1, 0.15) is 33.2 Å². The third-order valence-electron chi connectivity index (χ3n) is 5.34. The quantitative estimate of drug-likeness (QED) is 0.439. The highest BCUT2D eigenvalue weighted by molar-refractivity contribution is 7.13. The van der Waals surface area contributed by atoms with Crippen LogP contribution in [0.5, 0.6) is 0 Å². The van der Waals surface area contributed by atoms with E-state index in [0.717, 1.165) is 30.1 Å². The molecule has 1 aliphatic heterocycles. The Morgan fingerprint density at radius 1 is 1.23 bits per heavy atom. The van der Waals surface area contributed by atoms with Crippen molar-refractivity contribution in [1.29, 1.82) is 0 Å². The average molecular weight is 522 g/mol. The minimum atomic E-state index is -0.911. The number of anilines is 1. The van der Waals surface area contributed by atoms with E-state index in [0.29, 0.717) is 10.0 Å². The summed E-state index contributed by atoms with van der Waals surface area (Å²) in [5.74, 6) is -2.12. The molecule has 4 amide bonds. The summed E-state index contributed by atoms with van der Waals surface area (Å²) in [5, 5.41) is 8.47. The number of pyridine rings is 1. The molecular formula is C22H28ClN7O4S. The Balaban J connectivity index is 1.61. The van der Waals surface area contributed by atoms with Crippen LogP contribution >= 0.6 is 22.9 Å². The molecule has 0 aromatic carbocycles. The van der Waals surface area contributed by atoms with Gasteiger partial charge in [-0.05, 0) is 25.6 Å². The minimum absolute atomic E-state index is 0.0411. The Morgan fingerprint density at radius 3 is 2.69 bits per heavy atom. The van der Waals surface area contributed by atoms with Gasteiger partial charge in [0.05, 0.1) is 10.7 Å². The van der Waals surface area contributed by atoms with Crippen molar-refractivity contribution in [2.75, 3.05) is 39.5 Å². The number of nitrogens with zero attached hydrogens (tertiary/aromatic N) is 4. The number of hydrogen-bond donors (Lipinski definition) is 3. The van der Waals surface area contributed by atoms with Gasteiger partial charge in [-0.1, -0.05) is 11.6 Å². The molecule has 11 nitrogen and oxygen atoms in total. The first-order valence-corrected chi connectivity index (χ1v) is 12.2. The second-order valence-electron chi connectivity index (χ2n) is 8.40. The van der Waals surface area contributed by atoms with Crippen LogP contribution in [-0.4, -0.2) is 83.7 Å². The van der Waals surface area contributed by atoms with Gasteiger partial charge in [0.2, 0.25) is 5.91 Å². The summed E-state index contributed by atoms with van der Waals surface area (Å²) in [6.45, 7) is 1.59. The Morgan fingerprint density at radius 2 is 2.00 bits per heavy atom. The maximum absolute atomic E-state index is 12.9. The third kappa shape index (κ3) is 7.70. The lowest BCUT2D eigenvalue weighted by Crippen LogP contribution is -2.46. The van der Waals surface area contributed by atoms with Gasteiger partial charge in [0, 0.05) is 63.7 Å². The number of thiazole rings is 1. The van der Waals surface area contributed by atoms with Crippen molar-refractivity contribution in [1.82, 2.24) is 30.4 Å². The molecule has 0 aliphatic carbocycles. The summed E-state index contributed by atoms with van der Waals surface area (Å²) < 4.78 is 0. The summed E-state index contributed by atoms with van der Waals surface area (Å²) in [6, 6.07) is 2.42. The smallest absolute Gasteiger partial charge is 0.314 e. The first-order chi connectivity index (χ1) is 16.6. The van der Waals surface area contributed by atoms with Crippen LogP contribution in [0.15, 0.2) is 18.3 Å². The molecule has 0 saturated heterocycles. The maximum Gasteiger partial charge on any atom is 0.314 e. The number of amides is 4. The van der Waals surface area contributed by atoms with E-state index in [9.17, 15) is 19.2 Å². The van der Waals surface area contributed by atoms with Crippen molar-refractivity contribution in [2.24, 2.45) is 0 Å². The molecule has 3 rings (SSSR count). The van der Waals surface area contributed by atoms with Gasteiger partial charge in [-0.25, -0.2) is 9.97 Å². The van der Waals surface area contributed by atoms with Crippen LogP contribution in [0.25, 0.3) is 0 Å². The van der Waals surface area contributed by atoms with E-state index < -0.39 is 17.9 Å². The zero-order valence-electron chi connectivity index (χ0n) is 19.8. The standard InChI is InChI=1S/C22H28ClN7O4S/c1-29(2)18(31)7-5-14(11-25-19(32)20(33)28-17-6-4-13(23)10-24-17)26-21(34)22-27-15-8-9-30(3)12-16(15)35-22/h4,6,10,14H,5,7-9,11-12H2,1-3H3,(H,25,32)(H,26,34)(H,24,28,33)/t14-/m1/s1. The molecule has 3 heterocycles. The molecule has 0 fully saturated rings. The number of aromatic nitrogens is 2. The molecule has 2 aromatic heterocycles. The number of rotatable bonds is 8. The summed E-state index contributed by atoms with van der Waals surface area (Å²) in [4.78, 5) is 62.5. The first kappa shape index (κ1) is 26.5. The summed E-state index contributed by atoms with van der Waals surface area (Å²) >= 11 is 7.11. The number of carbonyl (C=O) groups excluding carboxylic acids is 4. The molecule has 188 valence electrons. The Hall–Kier alpha value is -3.09. The normalized spacial score (nSPS) is 13.9. The van der Waals surface area contributed by atoms with E-state index in [4.69, 9.17) is 11.6 Å². The first-order valence-electron chi connectivity index (χ1n) is 11.0. The molecular weight excluding hydrogens is 494 g/mol. The van der Waals surface area contributed by atoms with E-state index in [1.54, 1.807) is 14.1 Å². The van der Waals surface area contributed by atoms with Gasteiger partial charge in [-0.15, -0.1) is 11.3 Å². The largest absolute Gasteiger partial charge is 0.349 e. The molecule has 1 atom stereocenters. The average Bonchev–Trinajstić information content (AvgIpc) is 3.25. The molecule has 2 aromatic rings. The number of fused-ring (bicyclic) bond motifs is 1. The van der Waals surface area contributed by atoms with Gasteiger partial charge in [-0.3, -0.25) is 19.2 Å². The molecule has 0 saturated carbocycles. The fraction of sp³-hybridized carbons (Fsp3) is 0.455. The Bertz CT molecular complexity index is 1090. The zero-order valence-corrected chi connectivity index (χ0v) is 21.3. The van der Waals surface area contributed by atoms with Crippen molar-refractivity contribution >= 4 is 52.4 Å².